The third-order valence-electron chi connectivity index (χ3n) is 5.28. The zero-order valence-electron chi connectivity index (χ0n) is 16.5. The Balaban J connectivity index is 1.42. The van der Waals surface area contributed by atoms with Crippen LogP contribution >= 0.6 is 0 Å². The summed E-state index contributed by atoms with van der Waals surface area (Å²) in [5.41, 5.74) is 4.69. The molecule has 0 aliphatic carbocycles. The number of hydrogen-bond acceptors (Lipinski definition) is 3. The Morgan fingerprint density at radius 1 is 1.00 bits per heavy atom. The number of nitrogens with zero attached hydrogens (tertiary/aromatic N) is 1. The fourth-order valence-corrected chi connectivity index (χ4v) is 3.41. The Morgan fingerprint density at radius 3 is 2.44 bits per heavy atom. The zero-order chi connectivity index (χ0) is 19.1. The lowest BCUT2D eigenvalue weighted by atomic mass is 10.1. The Morgan fingerprint density at radius 2 is 1.70 bits per heavy atom. The lowest BCUT2D eigenvalue weighted by Gasteiger charge is -2.26. The number of nitrogens with one attached hydrogen (secondary N) is 1. The van der Waals surface area contributed by atoms with Gasteiger partial charge in [0, 0.05) is 13.1 Å². The molecule has 3 rings (SSSR count). The van der Waals surface area contributed by atoms with E-state index < -0.39 is 0 Å². The van der Waals surface area contributed by atoms with Gasteiger partial charge in [0.2, 0.25) is 0 Å². The predicted molar refractivity (Wildman–Crippen MR) is 109 cm³/mol. The van der Waals surface area contributed by atoms with Crippen LogP contribution in [0.1, 0.15) is 41.5 Å². The van der Waals surface area contributed by atoms with Crippen LogP contribution in [0.15, 0.2) is 42.5 Å². The van der Waals surface area contributed by atoms with Gasteiger partial charge in [-0.3, -0.25) is 9.69 Å². The van der Waals surface area contributed by atoms with Crippen LogP contribution < -0.4 is 10.1 Å². The Kier molecular flexibility index (Phi) is 6.88. The highest BCUT2D eigenvalue weighted by molar-refractivity contribution is 5.77. The molecule has 1 aliphatic heterocycles. The molecule has 1 heterocycles. The van der Waals surface area contributed by atoms with Crippen LogP contribution in [-0.4, -0.2) is 30.5 Å². The SMILES string of the molecule is Cc1cccc(OCC(=O)NCc2ccc(CN3CCCCC3)cc2)c1C. The summed E-state index contributed by atoms with van der Waals surface area (Å²) in [6.45, 7) is 8.05. The van der Waals surface area contributed by atoms with Crippen molar-refractivity contribution in [3.63, 3.8) is 0 Å². The highest BCUT2D eigenvalue weighted by atomic mass is 16.5. The fraction of sp³-hybridized carbons (Fsp3) is 0.435. The summed E-state index contributed by atoms with van der Waals surface area (Å²) in [5, 5.41) is 2.93. The lowest BCUT2D eigenvalue weighted by Crippen LogP contribution is -2.29. The molecule has 2 aromatic rings. The van der Waals surface area contributed by atoms with Crippen molar-refractivity contribution in [2.24, 2.45) is 0 Å². The molecule has 2 aromatic carbocycles. The molecule has 4 nitrogen and oxygen atoms in total. The van der Waals surface area contributed by atoms with Gasteiger partial charge in [0.25, 0.3) is 5.91 Å². The molecular formula is C23H30N2O2. The van der Waals surface area contributed by atoms with Gasteiger partial charge in [-0.25, -0.2) is 0 Å². The highest BCUT2D eigenvalue weighted by Gasteiger charge is 2.10. The number of ether oxygens (including phenoxy) is 1. The van der Waals surface area contributed by atoms with Crippen LogP contribution in [0.25, 0.3) is 0 Å². The smallest absolute Gasteiger partial charge is 0.258 e. The van der Waals surface area contributed by atoms with Gasteiger partial charge < -0.3 is 10.1 Å². The normalized spacial score (nSPS) is 14.7. The topological polar surface area (TPSA) is 41.6 Å². The van der Waals surface area contributed by atoms with Crippen molar-refractivity contribution in [2.75, 3.05) is 19.7 Å². The maximum atomic E-state index is 12.1. The van der Waals surface area contributed by atoms with E-state index in [2.05, 4.69) is 34.5 Å². The molecule has 1 aliphatic rings. The number of hydrogen-bond donors (Lipinski definition) is 1. The average molecular weight is 367 g/mol. The number of aryl methyl sites for hydroxylation is 1. The second-order valence-electron chi connectivity index (χ2n) is 7.42. The van der Waals surface area contributed by atoms with Crippen molar-refractivity contribution in [1.29, 1.82) is 0 Å². The number of carbonyl (C=O) groups excluding carboxylic acids is 1. The summed E-state index contributed by atoms with van der Waals surface area (Å²) in [6.07, 6.45) is 3.99. The maximum absolute atomic E-state index is 12.1. The van der Waals surface area contributed by atoms with Gasteiger partial charge in [0.05, 0.1) is 0 Å². The second-order valence-corrected chi connectivity index (χ2v) is 7.42. The van der Waals surface area contributed by atoms with E-state index >= 15 is 0 Å². The standard InChI is InChI=1S/C23H30N2O2/c1-18-7-6-8-22(19(18)2)27-17-23(26)24-15-20-9-11-21(12-10-20)16-25-13-4-3-5-14-25/h6-12H,3-5,13-17H2,1-2H3,(H,24,26). The van der Waals surface area contributed by atoms with E-state index in [9.17, 15) is 4.79 Å². The van der Waals surface area contributed by atoms with Crippen LogP contribution in [0, 0.1) is 13.8 Å². The first kappa shape index (κ1) is 19.4. The van der Waals surface area contributed by atoms with E-state index in [4.69, 9.17) is 4.74 Å². The molecule has 0 unspecified atom stereocenters. The van der Waals surface area contributed by atoms with Gasteiger partial charge in [-0.2, -0.15) is 0 Å². The Labute approximate surface area is 162 Å². The summed E-state index contributed by atoms with van der Waals surface area (Å²) in [6, 6.07) is 14.4. The summed E-state index contributed by atoms with van der Waals surface area (Å²) in [5.74, 6) is 0.667. The minimum absolute atomic E-state index is 0.0390. The number of amides is 1. The van der Waals surface area contributed by atoms with Crippen LogP contribution in [0.2, 0.25) is 0 Å². The van der Waals surface area contributed by atoms with Gasteiger partial charge in [0.1, 0.15) is 5.75 Å². The molecule has 144 valence electrons. The van der Waals surface area contributed by atoms with Crippen molar-refractivity contribution in [3.05, 3.63) is 64.7 Å². The monoisotopic (exact) mass is 366 g/mol. The molecule has 1 N–H and O–H groups in total. The minimum Gasteiger partial charge on any atom is -0.483 e. The van der Waals surface area contributed by atoms with E-state index in [1.807, 2.05) is 32.0 Å². The summed E-state index contributed by atoms with van der Waals surface area (Å²) in [4.78, 5) is 14.6. The molecule has 27 heavy (non-hydrogen) atoms. The zero-order valence-corrected chi connectivity index (χ0v) is 16.5. The molecule has 1 saturated heterocycles. The van der Waals surface area contributed by atoms with Crippen molar-refractivity contribution >= 4 is 5.91 Å². The van der Waals surface area contributed by atoms with Crippen molar-refractivity contribution in [2.45, 2.75) is 46.2 Å². The van der Waals surface area contributed by atoms with E-state index in [0.29, 0.717) is 6.54 Å². The van der Waals surface area contributed by atoms with Crippen molar-refractivity contribution < 1.29 is 9.53 Å². The number of rotatable bonds is 7. The predicted octanol–water partition coefficient (Wildman–Crippen LogP) is 3.98. The van der Waals surface area contributed by atoms with E-state index in [-0.39, 0.29) is 12.5 Å². The lowest BCUT2D eigenvalue weighted by molar-refractivity contribution is -0.123. The number of piperidine rings is 1. The molecule has 0 spiro atoms. The van der Waals surface area contributed by atoms with Gasteiger partial charge in [-0.15, -0.1) is 0 Å². The van der Waals surface area contributed by atoms with Gasteiger partial charge in [-0.1, -0.05) is 42.8 Å². The highest BCUT2D eigenvalue weighted by Crippen LogP contribution is 2.20. The van der Waals surface area contributed by atoms with Crippen LogP contribution in [0.5, 0.6) is 5.75 Å². The molecule has 0 radical (unpaired) electrons. The molecule has 0 bridgehead atoms. The first-order valence-electron chi connectivity index (χ1n) is 9.88. The molecular weight excluding hydrogens is 336 g/mol. The number of likely N-dealkylation sites (tertiary alicyclic amines) is 1. The van der Waals surface area contributed by atoms with E-state index in [1.54, 1.807) is 0 Å². The summed E-state index contributed by atoms with van der Waals surface area (Å²) >= 11 is 0. The molecule has 1 amide bonds. The molecule has 0 aromatic heterocycles. The first-order valence-corrected chi connectivity index (χ1v) is 9.88. The van der Waals surface area contributed by atoms with Crippen LogP contribution in [-0.2, 0) is 17.9 Å². The van der Waals surface area contributed by atoms with Crippen LogP contribution in [0.3, 0.4) is 0 Å². The Hall–Kier alpha value is -2.33. The minimum atomic E-state index is -0.103. The number of benzene rings is 2. The first-order chi connectivity index (χ1) is 13.1. The molecule has 4 heteroatoms. The largest absolute Gasteiger partial charge is 0.483 e. The third kappa shape index (κ3) is 5.83. The average Bonchev–Trinajstić information content (AvgIpc) is 2.69. The summed E-state index contributed by atoms with van der Waals surface area (Å²) in [7, 11) is 0. The Bertz CT molecular complexity index is 749. The van der Waals surface area contributed by atoms with Gasteiger partial charge >= 0.3 is 0 Å². The maximum Gasteiger partial charge on any atom is 0.258 e. The number of carbonyl (C=O) groups is 1. The molecule has 1 fully saturated rings. The summed E-state index contributed by atoms with van der Waals surface area (Å²) < 4.78 is 5.65. The van der Waals surface area contributed by atoms with E-state index in [1.165, 1.54) is 37.9 Å². The van der Waals surface area contributed by atoms with E-state index in [0.717, 1.165) is 29.0 Å². The molecule has 0 saturated carbocycles. The van der Waals surface area contributed by atoms with Gasteiger partial charge in [0.15, 0.2) is 6.61 Å². The third-order valence-corrected chi connectivity index (χ3v) is 5.28. The van der Waals surface area contributed by atoms with Crippen molar-refractivity contribution in [1.82, 2.24) is 10.2 Å². The van der Waals surface area contributed by atoms with Crippen molar-refractivity contribution in [3.8, 4) is 5.75 Å². The quantitative estimate of drug-likeness (QED) is 0.806. The molecule has 0 atom stereocenters. The fourth-order valence-electron chi connectivity index (χ4n) is 3.41. The second kappa shape index (κ2) is 9.56. The van der Waals surface area contributed by atoms with Gasteiger partial charge in [-0.05, 0) is 68.1 Å². The van der Waals surface area contributed by atoms with Crippen LogP contribution in [0.4, 0.5) is 0 Å².